The third kappa shape index (κ3) is 2.56. The van der Waals surface area contributed by atoms with Gasteiger partial charge in [0.05, 0.1) is 18.2 Å². The number of carbonyl (C=O) groups excluding carboxylic acids is 1. The zero-order chi connectivity index (χ0) is 16.2. The van der Waals surface area contributed by atoms with Gasteiger partial charge in [0.2, 0.25) is 5.91 Å². The monoisotopic (exact) mass is 317 g/mol. The maximum Gasteiger partial charge on any atom is 0.237 e. The van der Waals surface area contributed by atoms with Gasteiger partial charge in [-0.15, -0.1) is 0 Å². The van der Waals surface area contributed by atoms with E-state index in [0.29, 0.717) is 24.9 Å². The lowest BCUT2D eigenvalue weighted by molar-refractivity contribution is -0.147. The third-order valence-corrected chi connectivity index (χ3v) is 6.80. The van der Waals surface area contributed by atoms with Crippen molar-refractivity contribution in [2.75, 3.05) is 13.1 Å². The SMILES string of the molecule is CC1CCN(C(=O)CNC23C[C@@H]4C[C@@H](CC(O)(C4)C2)C3)[C@@H]1C#N. The molecule has 4 bridgehead atoms. The number of hydrogen-bond donors (Lipinski definition) is 2. The van der Waals surface area contributed by atoms with Crippen LogP contribution in [0, 0.1) is 29.1 Å². The summed E-state index contributed by atoms with van der Waals surface area (Å²) in [5, 5.41) is 23.6. The first-order valence-electron chi connectivity index (χ1n) is 9.08. The molecule has 0 radical (unpaired) electrons. The van der Waals surface area contributed by atoms with Crippen LogP contribution in [0.1, 0.15) is 51.9 Å². The summed E-state index contributed by atoms with van der Waals surface area (Å²) < 4.78 is 0. The summed E-state index contributed by atoms with van der Waals surface area (Å²) in [4.78, 5) is 14.3. The van der Waals surface area contributed by atoms with E-state index in [1.54, 1.807) is 4.90 Å². The molecular weight excluding hydrogens is 290 g/mol. The molecule has 5 rings (SSSR count). The zero-order valence-corrected chi connectivity index (χ0v) is 13.9. The van der Waals surface area contributed by atoms with Crippen LogP contribution in [-0.2, 0) is 4.79 Å². The zero-order valence-electron chi connectivity index (χ0n) is 13.9. The number of carbonyl (C=O) groups is 1. The summed E-state index contributed by atoms with van der Waals surface area (Å²) >= 11 is 0. The second-order valence-corrected chi connectivity index (χ2v) is 8.75. The fourth-order valence-electron chi connectivity index (χ4n) is 6.21. The summed E-state index contributed by atoms with van der Waals surface area (Å²) in [5.41, 5.74) is -0.556. The second-order valence-electron chi connectivity index (χ2n) is 8.75. The van der Waals surface area contributed by atoms with Crippen LogP contribution in [0.2, 0.25) is 0 Å². The number of nitriles is 1. The normalized spacial score (nSPS) is 47.8. The van der Waals surface area contributed by atoms with Crippen molar-refractivity contribution in [2.24, 2.45) is 17.8 Å². The highest BCUT2D eigenvalue weighted by Crippen LogP contribution is 2.57. The summed E-state index contributed by atoms with van der Waals surface area (Å²) in [7, 11) is 0. The molecule has 3 unspecified atom stereocenters. The van der Waals surface area contributed by atoms with E-state index in [0.717, 1.165) is 38.5 Å². The van der Waals surface area contributed by atoms with Crippen molar-refractivity contribution in [1.82, 2.24) is 10.2 Å². The average Bonchev–Trinajstić information content (AvgIpc) is 2.83. The minimum atomic E-state index is -0.503. The van der Waals surface area contributed by atoms with E-state index in [2.05, 4.69) is 11.4 Å². The van der Waals surface area contributed by atoms with Crippen molar-refractivity contribution < 1.29 is 9.90 Å². The van der Waals surface area contributed by atoms with Crippen LogP contribution < -0.4 is 5.32 Å². The quantitative estimate of drug-likeness (QED) is 0.825. The fourth-order valence-corrected chi connectivity index (χ4v) is 6.21. The Bertz CT molecular complexity index is 541. The molecule has 5 nitrogen and oxygen atoms in total. The average molecular weight is 317 g/mol. The Morgan fingerprint density at radius 1 is 1.35 bits per heavy atom. The molecule has 1 amide bonds. The number of likely N-dealkylation sites (tertiary alicyclic amines) is 1. The topological polar surface area (TPSA) is 76.4 Å². The van der Waals surface area contributed by atoms with Gasteiger partial charge < -0.3 is 15.3 Å². The molecule has 4 saturated carbocycles. The van der Waals surface area contributed by atoms with Gasteiger partial charge in [-0.05, 0) is 62.7 Å². The highest BCUT2D eigenvalue weighted by atomic mass is 16.3. The van der Waals surface area contributed by atoms with Gasteiger partial charge in [-0.3, -0.25) is 4.79 Å². The Hall–Kier alpha value is -1.12. The van der Waals surface area contributed by atoms with Crippen LogP contribution in [0.3, 0.4) is 0 Å². The van der Waals surface area contributed by atoms with Gasteiger partial charge in [-0.2, -0.15) is 5.26 Å². The first-order valence-corrected chi connectivity index (χ1v) is 9.08. The van der Waals surface area contributed by atoms with Gasteiger partial charge in [0.15, 0.2) is 0 Å². The van der Waals surface area contributed by atoms with Crippen molar-refractivity contribution in [3.8, 4) is 6.07 Å². The summed E-state index contributed by atoms with van der Waals surface area (Å²) in [5.74, 6) is 1.54. The highest BCUT2D eigenvalue weighted by Gasteiger charge is 2.57. The molecule has 4 aliphatic carbocycles. The predicted molar refractivity (Wildman–Crippen MR) is 85.3 cm³/mol. The molecule has 0 aromatic carbocycles. The molecule has 126 valence electrons. The fraction of sp³-hybridized carbons (Fsp3) is 0.889. The minimum Gasteiger partial charge on any atom is -0.390 e. The molecule has 5 aliphatic rings. The minimum absolute atomic E-state index is 0.0450. The molecule has 0 aromatic heterocycles. The van der Waals surface area contributed by atoms with Crippen molar-refractivity contribution in [2.45, 2.75) is 69.1 Å². The van der Waals surface area contributed by atoms with Gasteiger partial charge in [0, 0.05) is 12.1 Å². The molecule has 5 heteroatoms. The molecule has 0 spiro atoms. The lowest BCUT2D eigenvalue weighted by Crippen LogP contribution is -2.65. The van der Waals surface area contributed by atoms with Crippen LogP contribution in [0.15, 0.2) is 0 Å². The summed E-state index contributed by atoms with van der Waals surface area (Å²) in [6, 6.07) is 2.01. The Balaban J connectivity index is 1.41. The van der Waals surface area contributed by atoms with Gasteiger partial charge in [-0.25, -0.2) is 0 Å². The standard InChI is InChI=1S/C18H27N3O2/c1-12-2-3-21(15(12)9-19)16(22)10-20-17-5-13-4-14(6-17)8-18(23,7-13)11-17/h12-15,20,23H,2-8,10-11H2,1H3/t12?,13-,14+,15-,17?,18?/m1/s1. The number of nitrogens with one attached hydrogen (secondary N) is 1. The van der Waals surface area contributed by atoms with E-state index >= 15 is 0 Å². The molecule has 2 N–H and O–H groups in total. The van der Waals surface area contributed by atoms with Crippen molar-refractivity contribution in [1.29, 1.82) is 5.26 Å². The molecule has 23 heavy (non-hydrogen) atoms. The molecule has 1 heterocycles. The highest BCUT2D eigenvalue weighted by molar-refractivity contribution is 5.79. The molecule has 5 fully saturated rings. The number of aliphatic hydroxyl groups is 1. The molecule has 0 aromatic rings. The van der Waals surface area contributed by atoms with Gasteiger partial charge in [-0.1, -0.05) is 6.92 Å². The van der Waals surface area contributed by atoms with Gasteiger partial charge in [0.25, 0.3) is 0 Å². The Morgan fingerprint density at radius 3 is 2.65 bits per heavy atom. The number of nitrogens with zero attached hydrogens (tertiary/aromatic N) is 2. The van der Waals surface area contributed by atoms with Gasteiger partial charge >= 0.3 is 0 Å². The van der Waals surface area contributed by atoms with E-state index in [9.17, 15) is 15.2 Å². The smallest absolute Gasteiger partial charge is 0.237 e. The second kappa shape index (κ2) is 5.19. The number of rotatable bonds is 3. The first kappa shape index (κ1) is 15.4. The maximum atomic E-state index is 12.6. The summed E-state index contributed by atoms with van der Waals surface area (Å²) in [6.07, 6.45) is 7.04. The van der Waals surface area contributed by atoms with Gasteiger partial charge in [0.1, 0.15) is 6.04 Å². The molecule has 1 aliphatic heterocycles. The molecule has 6 atom stereocenters. The summed E-state index contributed by atoms with van der Waals surface area (Å²) in [6.45, 7) is 3.05. The maximum absolute atomic E-state index is 12.6. The first-order chi connectivity index (χ1) is 10.9. The Kier molecular flexibility index (Phi) is 3.48. The van der Waals surface area contributed by atoms with E-state index in [1.807, 2.05) is 6.92 Å². The number of hydrogen-bond acceptors (Lipinski definition) is 4. The largest absolute Gasteiger partial charge is 0.390 e. The third-order valence-electron chi connectivity index (χ3n) is 6.80. The lowest BCUT2D eigenvalue weighted by Gasteiger charge is -2.60. The van der Waals surface area contributed by atoms with E-state index in [-0.39, 0.29) is 23.4 Å². The number of amides is 1. The van der Waals surface area contributed by atoms with Crippen LogP contribution in [0.5, 0.6) is 0 Å². The van der Waals surface area contributed by atoms with Crippen molar-refractivity contribution in [3.05, 3.63) is 0 Å². The Morgan fingerprint density at radius 2 is 2.04 bits per heavy atom. The van der Waals surface area contributed by atoms with Crippen LogP contribution in [0.4, 0.5) is 0 Å². The molecular formula is C18H27N3O2. The predicted octanol–water partition coefficient (Wildman–Crippen LogP) is 1.42. The van der Waals surface area contributed by atoms with Crippen LogP contribution in [-0.4, -0.2) is 46.2 Å². The van der Waals surface area contributed by atoms with E-state index < -0.39 is 5.60 Å². The van der Waals surface area contributed by atoms with E-state index in [1.165, 1.54) is 6.42 Å². The Labute approximate surface area is 138 Å². The van der Waals surface area contributed by atoms with E-state index in [4.69, 9.17) is 0 Å². The van der Waals surface area contributed by atoms with Crippen molar-refractivity contribution >= 4 is 5.91 Å². The van der Waals surface area contributed by atoms with Crippen LogP contribution in [0.25, 0.3) is 0 Å². The lowest BCUT2D eigenvalue weighted by atomic mass is 9.51. The molecule has 1 saturated heterocycles. The van der Waals surface area contributed by atoms with Crippen LogP contribution >= 0.6 is 0 Å². The van der Waals surface area contributed by atoms with Crippen molar-refractivity contribution in [3.63, 3.8) is 0 Å².